The normalized spacial score (nSPS) is 13.8. The Bertz CT molecular complexity index is 1160. The number of rotatable bonds is 6. The molecule has 7 heteroatoms. The second kappa shape index (κ2) is 8.28. The lowest BCUT2D eigenvalue weighted by Gasteiger charge is -2.16. The molecule has 4 aromatic rings. The molecule has 1 aliphatic heterocycles. The Morgan fingerprint density at radius 3 is 2.80 bits per heavy atom. The summed E-state index contributed by atoms with van der Waals surface area (Å²) < 4.78 is 5.58. The lowest BCUT2D eigenvalue weighted by Crippen LogP contribution is -2.24. The van der Waals surface area contributed by atoms with Gasteiger partial charge in [0, 0.05) is 31.4 Å². The number of benzene rings is 2. The Hall–Kier alpha value is -3.19. The Balaban J connectivity index is 1.28. The third-order valence-electron chi connectivity index (χ3n) is 5.40. The molecule has 0 unspecified atom stereocenters. The minimum absolute atomic E-state index is 0.112. The summed E-state index contributed by atoms with van der Waals surface area (Å²) in [7, 11) is 0. The lowest BCUT2D eigenvalue weighted by atomic mass is 10.1. The Morgan fingerprint density at radius 1 is 1.13 bits per heavy atom. The number of thiazole rings is 1. The van der Waals surface area contributed by atoms with Gasteiger partial charge in [0.25, 0.3) is 5.91 Å². The zero-order chi connectivity index (χ0) is 20.3. The molecular formula is C23H22N4O2S. The second-order valence-corrected chi connectivity index (χ2v) is 8.46. The van der Waals surface area contributed by atoms with Gasteiger partial charge in [-0.25, -0.2) is 4.98 Å². The Kier molecular flexibility index (Phi) is 5.19. The number of hydrogen-bond acceptors (Lipinski definition) is 6. The van der Waals surface area contributed by atoms with Crippen LogP contribution in [0.3, 0.4) is 0 Å². The van der Waals surface area contributed by atoms with E-state index in [1.165, 1.54) is 35.4 Å². The van der Waals surface area contributed by atoms with Crippen LogP contribution < -0.4 is 10.2 Å². The van der Waals surface area contributed by atoms with E-state index in [4.69, 9.17) is 4.52 Å². The standard InChI is InChI=1S/C23H22N4O2S/c28-22(24-11-10-16-6-2-1-3-7-16)20-15-25-23(30-20)21-18-9-8-17(14-19(18)29-26-21)27-12-4-5-13-27/h1-3,6-9,14-15H,4-5,10-13H2,(H,24,28). The van der Waals surface area contributed by atoms with Crippen molar-refractivity contribution in [2.45, 2.75) is 19.3 Å². The molecule has 2 aromatic carbocycles. The maximum absolute atomic E-state index is 12.5. The molecule has 0 bridgehead atoms. The molecule has 0 atom stereocenters. The van der Waals surface area contributed by atoms with E-state index in [0.717, 1.165) is 30.5 Å². The average molecular weight is 419 g/mol. The van der Waals surface area contributed by atoms with E-state index in [-0.39, 0.29) is 5.91 Å². The van der Waals surface area contributed by atoms with Crippen LogP contribution in [0.1, 0.15) is 28.1 Å². The van der Waals surface area contributed by atoms with Crippen molar-refractivity contribution in [2.75, 3.05) is 24.5 Å². The highest BCUT2D eigenvalue weighted by Gasteiger charge is 2.19. The van der Waals surface area contributed by atoms with Gasteiger partial charge in [-0.2, -0.15) is 0 Å². The van der Waals surface area contributed by atoms with Crippen molar-refractivity contribution in [1.82, 2.24) is 15.5 Å². The molecule has 2 aromatic heterocycles. The molecule has 1 fully saturated rings. The second-order valence-electron chi connectivity index (χ2n) is 7.43. The number of anilines is 1. The summed E-state index contributed by atoms with van der Waals surface area (Å²) in [5.41, 5.74) is 3.80. The quantitative estimate of drug-likeness (QED) is 0.498. The summed E-state index contributed by atoms with van der Waals surface area (Å²) in [4.78, 5) is 19.8. The molecule has 1 saturated heterocycles. The van der Waals surface area contributed by atoms with Gasteiger partial charge < -0.3 is 14.7 Å². The van der Waals surface area contributed by atoms with Gasteiger partial charge in [0.15, 0.2) is 5.58 Å². The smallest absolute Gasteiger partial charge is 0.263 e. The molecule has 6 nitrogen and oxygen atoms in total. The number of aromatic nitrogens is 2. The molecule has 1 aliphatic rings. The van der Waals surface area contributed by atoms with Crippen LogP contribution in [0.25, 0.3) is 21.7 Å². The fourth-order valence-corrected chi connectivity index (χ4v) is 4.62. The highest BCUT2D eigenvalue weighted by atomic mass is 32.1. The van der Waals surface area contributed by atoms with E-state index < -0.39 is 0 Å². The van der Waals surface area contributed by atoms with Crippen LogP contribution in [0.15, 0.2) is 59.3 Å². The zero-order valence-electron chi connectivity index (χ0n) is 16.5. The monoisotopic (exact) mass is 418 g/mol. The number of nitrogens with zero attached hydrogens (tertiary/aromatic N) is 3. The van der Waals surface area contributed by atoms with Crippen LogP contribution in [0.5, 0.6) is 0 Å². The number of amides is 1. The van der Waals surface area contributed by atoms with Crippen molar-refractivity contribution < 1.29 is 9.32 Å². The minimum Gasteiger partial charge on any atom is -0.371 e. The van der Waals surface area contributed by atoms with Crippen molar-refractivity contribution in [3.05, 3.63) is 65.2 Å². The van der Waals surface area contributed by atoms with E-state index in [2.05, 4.69) is 38.6 Å². The largest absolute Gasteiger partial charge is 0.371 e. The van der Waals surface area contributed by atoms with Crippen molar-refractivity contribution in [3.8, 4) is 10.7 Å². The molecule has 3 heterocycles. The van der Waals surface area contributed by atoms with Gasteiger partial charge in [-0.3, -0.25) is 4.79 Å². The summed E-state index contributed by atoms with van der Waals surface area (Å²) in [5.74, 6) is -0.112. The number of fused-ring (bicyclic) bond motifs is 1. The molecular weight excluding hydrogens is 396 g/mol. The molecule has 1 amide bonds. The van der Waals surface area contributed by atoms with E-state index in [1.807, 2.05) is 30.3 Å². The summed E-state index contributed by atoms with van der Waals surface area (Å²) >= 11 is 1.33. The van der Waals surface area contributed by atoms with E-state index in [9.17, 15) is 4.79 Å². The van der Waals surface area contributed by atoms with Crippen LogP contribution in [0.4, 0.5) is 5.69 Å². The van der Waals surface area contributed by atoms with Gasteiger partial charge in [-0.05, 0) is 37.0 Å². The maximum Gasteiger partial charge on any atom is 0.263 e. The van der Waals surface area contributed by atoms with Gasteiger partial charge in [0.2, 0.25) is 0 Å². The van der Waals surface area contributed by atoms with Crippen LogP contribution in [0.2, 0.25) is 0 Å². The molecule has 1 N–H and O–H groups in total. The van der Waals surface area contributed by atoms with Gasteiger partial charge in [0.05, 0.1) is 11.6 Å². The fraction of sp³-hybridized carbons (Fsp3) is 0.261. The highest BCUT2D eigenvalue weighted by Crippen LogP contribution is 2.33. The molecule has 30 heavy (non-hydrogen) atoms. The predicted molar refractivity (Wildman–Crippen MR) is 119 cm³/mol. The molecule has 152 valence electrons. The summed E-state index contributed by atoms with van der Waals surface area (Å²) in [6.45, 7) is 2.76. The molecule has 0 spiro atoms. The number of carbonyl (C=O) groups excluding carboxylic acids is 1. The van der Waals surface area contributed by atoms with E-state index >= 15 is 0 Å². The first kappa shape index (κ1) is 18.8. The number of carbonyl (C=O) groups is 1. The molecule has 0 saturated carbocycles. The average Bonchev–Trinajstić information content (AvgIpc) is 3.54. The fourth-order valence-electron chi connectivity index (χ4n) is 3.79. The Morgan fingerprint density at radius 2 is 1.97 bits per heavy atom. The first-order valence-electron chi connectivity index (χ1n) is 10.2. The van der Waals surface area contributed by atoms with Gasteiger partial charge in [0.1, 0.15) is 15.6 Å². The highest BCUT2D eigenvalue weighted by molar-refractivity contribution is 7.17. The van der Waals surface area contributed by atoms with Gasteiger partial charge in [-0.15, -0.1) is 11.3 Å². The third-order valence-corrected chi connectivity index (χ3v) is 6.40. The van der Waals surface area contributed by atoms with Crippen LogP contribution in [-0.4, -0.2) is 35.7 Å². The van der Waals surface area contributed by atoms with Gasteiger partial charge >= 0.3 is 0 Å². The van der Waals surface area contributed by atoms with Crippen molar-refractivity contribution in [2.24, 2.45) is 0 Å². The summed E-state index contributed by atoms with van der Waals surface area (Å²) in [5, 5.41) is 8.80. The number of nitrogens with one attached hydrogen (secondary N) is 1. The third kappa shape index (κ3) is 3.80. The SMILES string of the molecule is O=C(NCCc1ccccc1)c1cnc(-c2noc3cc(N4CCCC4)ccc23)s1. The summed E-state index contributed by atoms with van der Waals surface area (Å²) in [6.07, 6.45) is 4.87. The van der Waals surface area contributed by atoms with Crippen molar-refractivity contribution in [1.29, 1.82) is 0 Å². The number of hydrogen-bond donors (Lipinski definition) is 1. The zero-order valence-corrected chi connectivity index (χ0v) is 17.3. The predicted octanol–water partition coefficient (Wildman–Crippen LogP) is 4.52. The minimum atomic E-state index is -0.112. The van der Waals surface area contributed by atoms with Gasteiger partial charge in [-0.1, -0.05) is 35.5 Å². The van der Waals surface area contributed by atoms with Crippen LogP contribution in [-0.2, 0) is 6.42 Å². The van der Waals surface area contributed by atoms with Crippen molar-refractivity contribution >= 4 is 33.9 Å². The topological polar surface area (TPSA) is 71.3 Å². The first-order valence-corrected chi connectivity index (χ1v) is 11.0. The molecule has 0 aliphatic carbocycles. The van der Waals surface area contributed by atoms with E-state index in [0.29, 0.717) is 22.1 Å². The van der Waals surface area contributed by atoms with E-state index in [1.54, 1.807) is 6.20 Å². The molecule has 5 rings (SSSR count). The molecule has 0 radical (unpaired) electrons. The van der Waals surface area contributed by atoms with Crippen LogP contribution in [0, 0.1) is 0 Å². The lowest BCUT2D eigenvalue weighted by molar-refractivity contribution is 0.0958. The summed E-state index contributed by atoms with van der Waals surface area (Å²) in [6, 6.07) is 16.3. The van der Waals surface area contributed by atoms with Crippen LogP contribution >= 0.6 is 11.3 Å². The first-order chi connectivity index (χ1) is 14.8. The van der Waals surface area contributed by atoms with Crippen molar-refractivity contribution in [3.63, 3.8) is 0 Å². The Labute approximate surface area is 178 Å². The maximum atomic E-state index is 12.5.